The summed E-state index contributed by atoms with van der Waals surface area (Å²) in [6.07, 6.45) is 24.8. The minimum Gasteiger partial charge on any atom is -0.406 e. The molecule has 0 spiro atoms. The summed E-state index contributed by atoms with van der Waals surface area (Å²) in [6.45, 7) is 0. The summed E-state index contributed by atoms with van der Waals surface area (Å²) in [4.78, 5) is 0. The van der Waals surface area contributed by atoms with Crippen molar-refractivity contribution in [2.24, 2.45) is 52.3 Å². The van der Waals surface area contributed by atoms with E-state index in [1.165, 1.54) is 12.6 Å². The third kappa shape index (κ3) is 7.85. The number of nitrogen functional groups attached to an aromatic ring is 1. The van der Waals surface area contributed by atoms with Gasteiger partial charge in [0.25, 0.3) is 10.1 Å². The van der Waals surface area contributed by atoms with Crippen LogP contribution in [0.5, 0.6) is 0 Å². The minimum atomic E-state index is -3.67. The molecule has 8 aliphatic carbocycles. The molecule has 8 fully saturated rings. The molecular weight excluding hydrogens is 676 g/mol. The molecular formula is C37H53NO3PPdS-. The summed E-state index contributed by atoms with van der Waals surface area (Å²) in [5, 5.41) is 0. The van der Waals surface area contributed by atoms with Crippen molar-refractivity contribution in [2.75, 3.05) is 18.2 Å². The van der Waals surface area contributed by atoms with Crippen LogP contribution in [0, 0.1) is 58.3 Å². The smallest absolute Gasteiger partial charge is 0.261 e. The van der Waals surface area contributed by atoms with Gasteiger partial charge in [-0.1, -0.05) is 23.8 Å². The zero-order valence-electron chi connectivity index (χ0n) is 26.4. The normalized spacial score (nSPS) is 36.3. The van der Waals surface area contributed by atoms with Gasteiger partial charge in [0.1, 0.15) is 0 Å². The standard InChI is InChI=1S/C24H39P.C12H10N.CH4O3S.Pd/c25-3-1-2-22(23-10-16-4-17(11-23)6-18(5-16)12-23)24-13-19-7-20(14-24)9-21(8-19)15-24;13-12-9-5-4-8-11(12)10-6-2-1-3-7-10;1-5(2,3)4;/h16-22H,1-15,25H2;1-6,8-9H,13H2;1H3,(H,2,3,4);/q;-1;;. The summed E-state index contributed by atoms with van der Waals surface area (Å²) in [5.41, 5.74) is 10.3. The number of rotatable bonds is 6. The van der Waals surface area contributed by atoms with Crippen LogP contribution in [0.4, 0.5) is 5.69 Å². The van der Waals surface area contributed by atoms with Crippen LogP contribution in [-0.4, -0.2) is 25.4 Å². The van der Waals surface area contributed by atoms with Crippen LogP contribution in [0.25, 0.3) is 11.1 Å². The van der Waals surface area contributed by atoms with Crippen molar-refractivity contribution in [1.29, 1.82) is 0 Å². The Kier molecular flexibility index (Phi) is 11.1. The molecule has 0 saturated heterocycles. The maximum atomic E-state index is 9.19. The van der Waals surface area contributed by atoms with Gasteiger partial charge in [-0.25, -0.2) is 0 Å². The Balaban J connectivity index is 0.000000171. The number of hydrogen-bond donors (Lipinski definition) is 2. The molecule has 8 bridgehead atoms. The summed E-state index contributed by atoms with van der Waals surface area (Å²) in [7, 11) is -0.623. The average molecular weight is 729 g/mol. The molecule has 44 heavy (non-hydrogen) atoms. The number of benzene rings is 2. The zero-order chi connectivity index (χ0) is 30.2. The van der Waals surface area contributed by atoms with Crippen molar-refractivity contribution in [3.63, 3.8) is 0 Å². The first-order chi connectivity index (χ1) is 20.5. The maximum Gasteiger partial charge on any atom is 0.261 e. The van der Waals surface area contributed by atoms with Crippen molar-refractivity contribution in [3.05, 3.63) is 54.6 Å². The first kappa shape index (κ1) is 34.6. The van der Waals surface area contributed by atoms with Crippen LogP contribution in [0.2, 0.25) is 0 Å². The quantitative estimate of drug-likeness (QED) is 0.102. The van der Waals surface area contributed by atoms with E-state index >= 15 is 0 Å². The van der Waals surface area contributed by atoms with Gasteiger partial charge in [-0.2, -0.15) is 8.42 Å². The van der Waals surface area contributed by atoms with E-state index in [2.05, 4.69) is 15.3 Å². The summed E-state index contributed by atoms with van der Waals surface area (Å²) >= 11 is 0. The monoisotopic (exact) mass is 728 g/mol. The topological polar surface area (TPSA) is 80.4 Å². The number of anilines is 1. The second-order valence-corrected chi connectivity index (χ2v) is 17.7. The third-order valence-corrected chi connectivity index (χ3v) is 12.7. The molecule has 2 aromatic carbocycles. The molecule has 2 aromatic rings. The van der Waals surface area contributed by atoms with E-state index in [0.717, 1.165) is 69.1 Å². The first-order valence-electron chi connectivity index (χ1n) is 17.0. The van der Waals surface area contributed by atoms with Gasteiger partial charge in [0.05, 0.1) is 6.26 Å². The Morgan fingerprint density at radius 2 is 1.23 bits per heavy atom. The van der Waals surface area contributed by atoms with Crippen molar-refractivity contribution >= 4 is 25.0 Å². The van der Waals surface area contributed by atoms with Crippen molar-refractivity contribution in [3.8, 4) is 11.1 Å². The van der Waals surface area contributed by atoms with Gasteiger partial charge in [0.15, 0.2) is 0 Å². The molecule has 246 valence electrons. The van der Waals surface area contributed by atoms with Gasteiger partial charge in [-0.3, -0.25) is 4.55 Å². The van der Waals surface area contributed by atoms with Crippen molar-refractivity contribution < 1.29 is 33.4 Å². The van der Waals surface area contributed by atoms with E-state index in [1.807, 2.05) is 48.5 Å². The molecule has 0 heterocycles. The molecule has 0 aliphatic heterocycles. The van der Waals surface area contributed by atoms with Crippen LogP contribution in [0.3, 0.4) is 0 Å². The number of para-hydroxylation sites is 1. The van der Waals surface area contributed by atoms with Crippen molar-refractivity contribution in [1.82, 2.24) is 0 Å². The molecule has 3 N–H and O–H groups in total. The van der Waals surface area contributed by atoms with Gasteiger partial charge < -0.3 is 5.73 Å². The van der Waals surface area contributed by atoms with Gasteiger partial charge in [-0.15, -0.1) is 45.1 Å². The largest absolute Gasteiger partial charge is 0.406 e. The zero-order valence-corrected chi connectivity index (χ0v) is 29.9. The van der Waals surface area contributed by atoms with Crippen molar-refractivity contribution in [2.45, 2.75) is 89.9 Å². The second-order valence-electron chi connectivity index (χ2n) is 15.6. The Labute approximate surface area is 283 Å². The van der Waals surface area contributed by atoms with E-state index in [4.69, 9.17) is 10.3 Å². The number of nitrogens with two attached hydrogens (primary N) is 1. The number of hydrogen-bond acceptors (Lipinski definition) is 3. The van der Waals surface area contributed by atoms with Gasteiger partial charge in [0.2, 0.25) is 0 Å². The fraction of sp³-hybridized carbons (Fsp3) is 0.676. The Morgan fingerprint density at radius 1 is 0.818 bits per heavy atom. The third-order valence-electron chi connectivity index (χ3n) is 12.3. The summed E-state index contributed by atoms with van der Waals surface area (Å²) in [5.74, 6) is 7.94. The van der Waals surface area contributed by atoms with Crippen LogP contribution in [-0.2, 0) is 30.5 Å². The molecule has 0 radical (unpaired) electrons. The Hall–Kier alpha value is -0.758. The second kappa shape index (κ2) is 14.2. The van der Waals surface area contributed by atoms with E-state index in [1.54, 1.807) is 83.5 Å². The molecule has 0 amide bonds. The average Bonchev–Trinajstić information content (AvgIpc) is 2.92. The van der Waals surface area contributed by atoms with Crippen LogP contribution in [0.15, 0.2) is 48.5 Å². The first-order valence-corrected chi connectivity index (χ1v) is 19.6. The fourth-order valence-electron chi connectivity index (χ4n) is 12.1. The van der Waals surface area contributed by atoms with Gasteiger partial charge in [-0.05, 0) is 160 Å². The molecule has 0 aromatic heterocycles. The summed E-state index contributed by atoms with van der Waals surface area (Å²) in [6, 6.07) is 18.8. The Morgan fingerprint density at radius 3 is 1.59 bits per heavy atom. The van der Waals surface area contributed by atoms with E-state index in [0.29, 0.717) is 6.26 Å². The summed E-state index contributed by atoms with van der Waals surface area (Å²) < 4.78 is 25.9. The molecule has 1 atom stereocenters. The van der Waals surface area contributed by atoms with E-state index < -0.39 is 10.1 Å². The fourth-order valence-corrected chi connectivity index (χ4v) is 12.3. The molecule has 4 nitrogen and oxygen atoms in total. The molecule has 8 saturated carbocycles. The minimum absolute atomic E-state index is 0. The Bertz CT molecular complexity index is 1230. The van der Waals surface area contributed by atoms with Crippen LogP contribution in [0.1, 0.15) is 89.9 Å². The SMILES string of the molecule is CS(=O)(=O)O.Nc1ccccc1-c1[c-]cccc1.PCCCC(C12CC3CC(CC(C3)C1)C2)C12CC3CC(CC(C3)C1)C2.[Pd]. The van der Waals surface area contributed by atoms with E-state index in [9.17, 15) is 8.42 Å². The molecule has 10 rings (SSSR count). The van der Waals surface area contributed by atoms with Crippen LogP contribution >= 0.6 is 9.24 Å². The maximum absolute atomic E-state index is 9.19. The molecule has 7 heteroatoms. The van der Waals surface area contributed by atoms with Gasteiger partial charge >= 0.3 is 0 Å². The van der Waals surface area contributed by atoms with Gasteiger partial charge in [0, 0.05) is 20.4 Å². The predicted molar refractivity (Wildman–Crippen MR) is 181 cm³/mol. The predicted octanol–water partition coefficient (Wildman–Crippen LogP) is 8.93. The molecule has 8 aliphatic rings. The molecule has 1 unspecified atom stereocenters. The van der Waals surface area contributed by atoms with Crippen LogP contribution < -0.4 is 5.73 Å². The van der Waals surface area contributed by atoms with E-state index in [-0.39, 0.29) is 20.4 Å².